The average molecular weight is 178 g/mol. The number of hydrogen-bond acceptors (Lipinski definition) is 1. The quantitative estimate of drug-likeness (QED) is 0.557. The summed E-state index contributed by atoms with van der Waals surface area (Å²) in [7, 11) is 0. The lowest BCUT2D eigenvalue weighted by atomic mass is 9.76. The van der Waals surface area contributed by atoms with Crippen molar-refractivity contribution in [3.8, 4) is 0 Å². The standard InChI is InChI=1S/C12H18O/c1-12-5-3-2-4-8-6-9(12)7-10(13)11(8)12/h8-9,11H,2-7H2,1H3. The number of rotatable bonds is 0. The second-order valence-corrected chi connectivity index (χ2v) is 5.59. The van der Waals surface area contributed by atoms with Gasteiger partial charge in [-0.3, -0.25) is 4.79 Å². The molecule has 13 heavy (non-hydrogen) atoms. The monoisotopic (exact) mass is 178 g/mol. The molecule has 4 atom stereocenters. The lowest BCUT2D eigenvalue weighted by molar-refractivity contribution is -0.124. The molecule has 4 bridgehead atoms. The van der Waals surface area contributed by atoms with Crippen LogP contribution in [0.2, 0.25) is 0 Å². The van der Waals surface area contributed by atoms with Gasteiger partial charge in [0.2, 0.25) is 0 Å². The average Bonchev–Trinajstić information content (AvgIpc) is 2.39. The number of hydrogen-bond donors (Lipinski definition) is 0. The molecule has 72 valence electrons. The Kier molecular flexibility index (Phi) is 1.46. The maximum Gasteiger partial charge on any atom is 0.137 e. The summed E-state index contributed by atoms with van der Waals surface area (Å²) in [5.74, 6) is 2.61. The molecule has 3 fully saturated rings. The van der Waals surface area contributed by atoms with Crippen LogP contribution in [0, 0.1) is 23.2 Å². The number of carbonyl (C=O) groups is 1. The van der Waals surface area contributed by atoms with Crippen molar-refractivity contribution in [2.75, 3.05) is 0 Å². The van der Waals surface area contributed by atoms with E-state index >= 15 is 0 Å². The van der Waals surface area contributed by atoms with Crippen LogP contribution in [0.15, 0.2) is 0 Å². The summed E-state index contributed by atoms with van der Waals surface area (Å²) in [4.78, 5) is 11.8. The third-order valence-corrected chi connectivity index (χ3v) is 5.04. The van der Waals surface area contributed by atoms with Crippen LogP contribution in [0.3, 0.4) is 0 Å². The molecule has 3 saturated carbocycles. The van der Waals surface area contributed by atoms with E-state index in [1.807, 2.05) is 0 Å². The maximum absolute atomic E-state index is 11.8. The fraction of sp³-hybridized carbons (Fsp3) is 0.917. The fourth-order valence-electron chi connectivity index (χ4n) is 4.44. The van der Waals surface area contributed by atoms with Crippen LogP contribution in [0.4, 0.5) is 0 Å². The molecule has 0 saturated heterocycles. The molecule has 0 aliphatic heterocycles. The molecule has 3 aliphatic rings. The highest BCUT2D eigenvalue weighted by Gasteiger charge is 2.60. The Morgan fingerprint density at radius 3 is 3.08 bits per heavy atom. The van der Waals surface area contributed by atoms with Crippen LogP contribution in [0.1, 0.15) is 45.4 Å². The van der Waals surface area contributed by atoms with Crippen molar-refractivity contribution >= 4 is 5.78 Å². The van der Waals surface area contributed by atoms with E-state index in [0.717, 1.165) is 18.3 Å². The minimum atomic E-state index is 0.429. The Balaban J connectivity index is 2.03. The number of Topliss-reactive ketones (excluding diaryl/α,β-unsaturated/α-hetero) is 1. The second-order valence-electron chi connectivity index (χ2n) is 5.59. The van der Waals surface area contributed by atoms with Gasteiger partial charge in [-0.1, -0.05) is 19.8 Å². The lowest BCUT2D eigenvalue weighted by Gasteiger charge is -2.28. The first-order valence-corrected chi connectivity index (χ1v) is 5.74. The first-order valence-electron chi connectivity index (χ1n) is 5.74. The van der Waals surface area contributed by atoms with Gasteiger partial charge in [0.25, 0.3) is 0 Å². The molecule has 1 heteroatoms. The fourth-order valence-corrected chi connectivity index (χ4v) is 4.44. The molecular formula is C12H18O. The normalized spacial score (nSPS) is 53.9. The predicted octanol–water partition coefficient (Wildman–Crippen LogP) is 2.79. The molecule has 0 spiro atoms. The molecule has 0 N–H and O–H groups in total. The molecular weight excluding hydrogens is 160 g/mol. The molecule has 4 unspecified atom stereocenters. The van der Waals surface area contributed by atoms with Gasteiger partial charge in [-0.15, -0.1) is 0 Å². The summed E-state index contributed by atoms with van der Waals surface area (Å²) in [6.45, 7) is 2.39. The van der Waals surface area contributed by atoms with E-state index in [0.29, 0.717) is 17.1 Å². The van der Waals surface area contributed by atoms with Gasteiger partial charge in [-0.05, 0) is 36.5 Å². The summed E-state index contributed by atoms with van der Waals surface area (Å²) in [6, 6.07) is 0. The van der Waals surface area contributed by atoms with E-state index in [9.17, 15) is 4.79 Å². The van der Waals surface area contributed by atoms with Gasteiger partial charge >= 0.3 is 0 Å². The predicted molar refractivity (Wildman–Crippen MR) is 51.3 cm³/mol. The van der Waals surface area contributed by atoms with Crippen molar-refractivity contribution < 1.29 is 4.79 Å². The van der Waals surface area contributed by atoms with E-state index in [1.54, 1.807) is 0 Å². The van der Waals surface area contributed by atoms with E-state index < -0.39 is 0 Å². The van der Waals surface area contributed by atoms with Crippen molar-refractivity contribution in [3.63, 3.8) is 0 Å². The van der Waals surface area contributed by atoms with Crippen LogP contribution in [0.25, 0.3) is 0 Å². The lowest BCUT2D eigenvalue weighted by Crippen LogP contribution is -2.25. The summed E-state index contributed by atoms with van der Waals surface area (Å²) < 4.78 is 0. The summed E-state index contributed by atoms with van der Waals surface area (Å²) in [6.07, 6.45) is 7.68. The highest BCUT2D eigenvalue weighted by molar-refractivity contribution is 5.86. The number of ketones is 1. The molecule has 0 aromatic rings. The zero-order valence-corrected chi connectivity index (χ0v) is 8.38. The molecule has 1 nitrogen and oxygen atoms in total. The Labute approximate surface area is 79.9 Å². The van der Waals surface area contributed by atoms with Crippen molar-refractivity contribution in [2.24, 2.45) is 23.2 Å². The van der Waals surface area contributed by atoms with E-state index in [2.05, 4.69) is 6.92 Å². The largest absolute Gasteiger partial charge is 0.299 e. The molecule has 0 heterocycles. The van der Waals surface area contributed by atoms with Crippen molar-refractivity contribution in [3.05, 3.63) is 0 Å². The van der Waals surface area contributed by atoms with Crippen LogP contribution >= 0.6 is 0 Å². The van der Waals surface area contributed by atoms with Gasteiger partial charge in [0, 0.05) is 12.3 Å². The Hall–Kier alpha value is -0.330. The van der Waals surface area contributed by atoms with Crippen LogP contribution < -0.4 is 0 Å². The van der Waals surface area contributed by atoms with E-state index in [4.69, 9.17) is 0 Å². The Morgan fingerprint density at radius 1 is 1.38 bits per heavy atom. The Bertz CT molecular complexity index is 258. The minimum absolute atomic E-state index is 0.429. The van der Waals surface area contributed by atoms with Crippen LogP contribution in [0.5, 0.6) is 0 Å². The zero-order chi connectivity index (χ0) is 9.05. The van der Waals surface area contributed by atoms with Gasteiger partial charge in [0.15, 0.2) is 0 Å². The molecule has 3 aliphatic carbocycles. The summed E-state index contributed by atoms with van der Waals surface area (Å²) in [5.41, 5.74) is 0.429. The highest BCUT2D eigenvalue weighted by atomic mass is 16.1. The van der Waals surface area contributed by atoms with Gasteiger partial charge in [0.1, 0.15) is 5.78 Å². The zero-order valence-electron chi connectivity index (χ0n) is 8.38. The third-order valence-electron chi connectivity index (χ3n) is 5.04. The molecule has 0 amide bonds. The highest BCUT2D eigenvalue weighted by Crippen LogP contribution is 2.63. The molecule has 3 rings (SSSR count). The first-order chi connectivity index (χ1) is 6.22. The van der Waals surface area contributed by atoms with Crippen LogP contribution in [-0.4, -0.2) is 5.78 Å². The van der Waals surface area contributed by atoms with Crippen molar-refractivity contribution in [2.45, 2.75) is 45.4 Å². The molecule has 0 aromatic heterocycles. The maximum atomic E-state index is 11.8. The van der Waals surface area contributed by atoms with E-state index in [-0.39, 0.29) is 0 Å². The SMILES string of the molecule is CC12CCCCC3CC1CC(=O)C32. The molecule has 0 aromatic carbocycles. The van der Waals surface area contributed by atoms with Crippen molar-refractivity contribution in [1.29, 1.82) is 0 Å². The minimum Gasteiger partial charge on any atom is -0.299 e. The molecule has 0 radical (unpaired) electrons. The van der Waals surface area contributed by atoms with Gasteiger partial charge in [-0.2, -0.15) is 0 Å². The van der Waals surface area contributed by atoms with Crippen molar-refractivity contribution in [1.82, 2.24) is 0 Å². The van der Waals surface area contributed by atoms with E-state index in [1.165, 1.54) is 32.1 Å². The van der Waals surface area contributed by atoms with Gasteiger partial charge in [-0.25, -0.2) is 0 Å². The smallest absolute Gasteiger partial charge is 0.137 e. The Morgan fingerprint density at radius 2 is 2.23 bits per heavy atom. The topological polar surface area (TPSA) is 17.1 Å². The van der Waals surface area contributed by atoms with Gasteiger partial charge in [0.05, 0.1) is 0 Å². The third kappa shape index (κ3) is 0.858. The first kappa shape index (κ1) is 8.02. The summed E-state index contributed by atoms with van der Waals surface area (Å²) in [5, 5.41) is 0. The summed E-state index contributed by atoms with van der Waals surface area (Å²) >= 11 is 0. The number of carbonyl (C=O) groups excluding carboxylic acids is 1. The second kappa shape index (κ2) is 2.37. The van der Waals surface area contributed by atoms with Crippen LogP contribution in [-0.2, 0) is 4.79 Å². The van der Waals surface area contributed by atoms with Gasteiger partial charge < -0.3 is 0 Å².